The van der Waals surface area contributed by atoms with Gasteiger partial charge in [0.1, 0.15) is 17.6 Å². The lowest BCUT2D eigenvalue weighted by molar-refractivity contribution is -0.146. The van der Waals surface area contributed by atoms with Gasteiger partial charge in [0, 0.05) is 11.5 Å². The van der Waals surface area contributed by atoms with Gasteiger partial charge in [0.15, 0.2) is 0 Å². The normalized spacial score (nSPS) is 12.6. The fourth-order valence-corrected chi connectivity index (χ4v) is 4.66. The van der Waals surface area contributed by atoms with Gasteiger partial charge < -0.3 is 9.47 Å². The molecule has 1 unspecified atom stereocenters. The van der Waals surface area contributed by atoms with Crippen molar-refractivity contribution in [1.82, 2.24) is 0 Å². The van der Waals surface area contributed by atoms with E-state index in [1.807, 2.05) is 24.3 Å². The molecule has 0 spiro atoms. The van der Waals surface area contributed by atoms with Crippen LogP contribution in [0.15, 0.2) is 83.8 Å². The Hall–Kier alpha value is -3.77. The highest BCUT2D eigenvalue weighted by atomic mass is 32.2. The smallest absolute Gasteiger partial charge is 0.352 e. The largest absolute Gasteiger partial charge is 0.457 e. The number of hydrogen-bond acceptors (Lipinski definition) is 6. The summed E-state index contributed by atoms with van der Waals surface area (Å²) < 4.78 is 64.3. The number of nitriles is 1. The number of halogens is 2. The Morgan fingerprint density at radius 3 is 2.29 bits per heavy atom. The fourth-order valence-electron chi connectivity index (χ4n) is 3.16. The summed E-state index contributed by atoms with van der Waals surface area (Å²) in [6.07, 6.45) is -1.66. The minimum atomic E-state index is -4.95. The van der Waals surface area contributed by atoms with Crippen molar-refractivity contribution in [3.05, 3.63) is 90.0 Å². The highest BCUT2D eigenvalue weighted by Crippen LogP contribution is 2.35. The van der Waals surface area contributed by atoms with Crippen LogP contribution >= 0.6 is 0 Å². The number of para-hydroxylation sites is 1. The molecule has 1 atom stereocenters. The zero-order valence-electron chi connectivity index (χ0n) is 19.0. The topological polar surface area (TPSA) is 93.5 Å². The molecule has 0 aromatic heterocycles. The fraction of sp³-hybridized carbons (Fsp3) is 0.231. The molecular formula is C26H23F2NO5S. The number of sulfone groups is 1. The predicted molar refractivity (Wildman–Crippen MR) is 125 cm³/mol. The molecule has 3 aromatic rings. The number of rotatable bonds is 9. The summed E-state index contributed by atoms with van der Waals surface area (Å²) in [5, 5.41) is 5.57. The maximum atomic E-state index is 14.3. The molecule has 6 nitrogen and oxygen atoms in total. The molecule has 0 saturated heterocycles. The second kappa shape index (κ2) is 10.7. The lowest BCUT2D eigenvalue weighted by Gasteiger charge is -2.20. The molecule has 9 heteroatoms. The number of benzene rings is 3. The van der Waals surface area contributed by atoms with Gasteiger partial charge in [-0.2, -0.15) is 14.0 Å². The lowest BCUT2D eigenvalue weighted by atomic mass is 10.1. The van der Waals surface area contributed by atoms with Gasteiger partial charge in [-0.25, -0.2) is 8.42 Å². The molecular weight excluding hydrogens is 476 g/mol. The second-order valence-electron chi connectivity index (χ2n) is 8.03. The van der Waals surface area contributed by atoms with Gasteiger partial charge in [0.2, 0.25) is 15.9 Å². The van der Waals surface area contributed by atoms with Crippen LogP contribution in [0.5, 0.6) is 11.5 Å². The summed E-state index contributed by atoms with van der Waals surface area (Å²) in [5.74, 6) is -1.22. The zero-order valence-corrected chi connectivity index (χ0v) is 19.8. The second-order valence-corrected chi connectivity index (χ2v) is 10.1. The van der Waals surface area contributed by atoms with Crippen molar-refractivity contribution in [2.45, 2.75) is 36.5 Å². The summed E-state index contributed by atoms with van der Waals surface area (Å²) in [6, 6.07) is 22.1. The number of nitrogens with zero attached hydrogens (tertiary/aromatic N) is 1. The van der Waals surface area contributed by atoms with Crippen LogP contribution in [0.1, 0.15) is 31.1 Å². The van der Waals surface area contributed by atoms with Gasteiger partial charge in [-0.1, -0.05) is 56.3 Å². The van der Waals surface area contributed by atoms with Crippen molar-refractivity contribution < 1.29 is 31.5 Å². The molecule has 0 heterocycles. The highest BCUT2D eigenvalue weighted by molar-refractivity contribution is 7.92. The molecule has 0 aliphatic heterocycles. The first kappa shape index (κ1) is 25.8. The minimum Gasteiger partial charge on any atom is -0.457 e. The summed E-state index contributed by atoms with van der Waals surface area (Å²) >= 11 is 0. The van der Waals surface area contributed by atoms with E-state index in [-0.39, 0.29) is 5.56 Å². The van der Waals surface area contributed by atoms with Crippen LogP contribution in [0.4, 0.5) is 8.78 Å². The Labute approximate surface area is 202 Å². The van der Waals surface area contributed by atoms with E-state index in [1.165, 1.54) is 12.1 Å². The van der Waals surface area contributed by atoms with Crippen molar-refractivity contribution in [1.29, 1.82) is 5.26 Å². The van der Waals surface area contributed by atoms with E-state index in [0.717, 1.165) is 26.0 Å². The molecule has 0 aliphatic carbocycles. The Morgan fingerprint density at radius 2 is 1.63 bits per heavy atom. The van der Waals surface area contributed by atoms with E-state index < -0.39 is 44.4 Å². The molecule has 182 valence electrons. The molecule has 35 heavy (non-hydrogen) atoms. The molecule has 3 rings (SSSR count). The first-order valence-electron chi connectivity index (χ1n) is 10.7. The van der Waals surface area contributed by atoms with E-state index in [0.29, 0.717) is 17.1 Å². The first-order valence-corrected chi connectivity index (χ1v) is 12.2. The Kier molecular flexibility index (Phi) is 7.87. The molecule has 0 fully saturated rings. The van der Waals surface area contributed by atoms with Crippen molar-refractivity contribution in [3.8, 4) is 17.6 Å². The number of carbonyl (C=O) groups excluding carboxylic acids is 1. The van der Waals surface area contributed by atoms with Crippen molar-refractivity contribution in [2.75, 3.05) is 0 Å². The van der Waals surface area contributed by atoms with Crippen molar-refractivity contribution >= 4 is 15.8 Å². The highest BCUT2D eigenvalue weighted by Gasteiger charge is 2.48. The van der Waals surface area contributed by atoms with Crippen LogP contribution in [0.3, 0.4) is 0 Å². The summed E-state index contributed by atoms with van der Waals surface area (Å²) in [5.41, 5.74) is 0.538. The summed E-state index contributed by atoms with van der Waals surface area (Å²) in [4.78, 5) is 11.9. The standard InChI is InChI=1S/C26H23F2NO5S/c1-18(2)26(27,28)35(31,32)23-13-6-8-19(14-23)15-25(30)34-24(17-29)20-9-7-12-22(16-20)33-21-10-4-3-5-11-21/h3-14,16,18,24H,15H2,1-2H3. The third kappa shape index (κ3) is 6.03. The molecule has 3 aromatic carbocycles. The first-order chi connectivity index (χ1) is 16.5. The Balaban J connectivity index is 1.73. The molecule has 0 aliphatic rings. The average molecular weight is 500 g/mol. The van der Waals surface area contributed by atoms with Crippen LogP contribution < -0.4 is 4.74 Å². The van der Waals surface area contributed by atoms with Crippen molar-refractivity contribution in [3.63, 3.8) is 0 Å². The van der Waals surface area contributed by atoms with E-state index in [9.17, 15) is 27.3 Å². The van der Waals surface area contributed by atoms with Gasteiger partial charge in [-0.05, 0) is 42.0 Å². The minimum absolute atomic E-state index is 0.161. The predicted octanol–water partition coefficient (Wildman–Crippen LogP) is 5.85. The van der Waals surface area contributed by atoms with E-state index in [4.69, 9.17) is 9.47 Å². The summed E-state index contributed by atoms with van der Waals surface area (Å²) in [6.45, 7) is 2.22. The van der Waals surface area contributed by atoms with Crippen LogP contribution in [0.2, 0.25) is 0 Å². The van der Waals surface area contributed by atoms with Gasteiger partial charge in [-0.3, -0.25) is 4.79 Å². The van der Waals surface area contributed by atoms with Gasteiger partial charge in [0.05, 0.1) is 11.3 Å². The molecule has 0 amide bonds. The maximum Gasteiger partial charge on any atom is 0.352 e. The van der Waals surface area contributed by atoms with E-state index in [1.54, 1.807) is 36.4 Å². The summed E-state index contributed by atoms with van der Waals surface area (Å²) in [7, 11) is -4.95. The number of esters is 1. The Morgan fingerprint density at radius 1 is 0.971 bits per heavy atom. The number of hydrogen-bond donors (Lipinski definition) is 0. The number of carbonyl (C=O) groups is 1. The Bertz CT molecular complexity index is 1340. The monoisotopic (exact) mass is 499 g/mol. The molecule has 0 saturated carbocycles. The lowest BCUT2D eigenvalue weighted by Crippen LogP contribution is -2.34. The third-order valence-electron chi connectivity index (χ3n) is 5.09. The third-order valence-corrected chi connectivity index (χ3v) is 7.16. The van der Waals surface area contributed by atoms with Gasteiger partial charge in [0.25, 0.3) is 0 Å². The van der Waals surface area contributed by atoms with Crippen LogP contribution in [-0.2, 0) is 25.8 Å². The van der Waals surface area contributed by atoms with Gasteiger partial charge in [-0.15, -0.1) is 0 Å². The molecule has 0 radical (unpaired) electrons. The van der Waals surface area contributed by atoms with Crippen LogP contribution in [0, 0.1) is 17.2 Å². The number of alkyl halides is 2. The molecule has 0 bridgehead atoms. The van der Waals surface area contributed by atoms with Crippen molar-refractivity contribution in [2.24, 2.45) is 5.92 Å². The quantitative estimate of drug-likeness (QED) is 0.343. The van der Waals surface area contributed by atoms with E-state index in [2.05, 4.69) is 0 Å². The maximum absolute atomic E-state index is 14.3. The SMILES string of the molecule is CC(C)C(F)(F)S(=O)(=O)c1cccc(CC(=O)OC(C#N)c2cccc(Oc3ccccc3)c2)c1. The molecule has 0 N–H and O–H groups in total. The van der Waals surface area contributed by atoms with Crippen LogP contribution in [-0.4, -0.2) is 19.6 Å². The average Bonchev–Trinajstić information content (AvgIpc) is 2.83. The van der Waals surface area contributed by atoms with Crippen LogP contribution in [0.25, 0.3) is 0 Å². The van der Waals surface area contributed by atoms with Gasteiger partial charge >= 0.3 is 11.2 Å². The zero-order chi connectivity index (χ0) is 25.6. The number of ether oxygens (including phenoxy) is 2. The van der Waals surface area contributed by atoms with E-state index >= 15 is 0 Å².